The molecule has 1 aliphatic carbocycles. The number of rotatable bonds is 11. The quantitative estimate of drug-likeness (QED) is 0.355. The SMILES string of the molecule is C[C@H](CC(=O)[C@@H](C)NC(=O)[C@H](C)NC(=O)OCC1c2ccccc2-c2ccccc21)C(=O)NCC(=O)OC(C)(C)C. The predicted octanol–water partition coefficient (Wildman–Crippen LogP) is 3.47. The van der Waals surface area contributed by atoms with Crippen molar-refractivity contribution in [2.24, 2.45) is 5.92 Å². The molecule has 3 rings (SSSR count). The normalized spacial score (nSPS) is 14.5. The van der Waals surface area contributed by atoms with Crippen LogP contribution in [0, 0.1) is 5.92 Å². The average molecular weight is 566 g/mol. The van der Waals surface area contributed by atoms with Crippen LogP contribution < -0.4 is 16.0 Å². The molecule has 0 saturated carbocycles. The molecule has 0 radical (unpaired) electrons. The van der Waals surface area contributed by atoms with Crippen LogP contribution in [0.3, 0.4) is 0 Å². The summed E-state index contributed by atoms with van der Waals surface area (Å²) in [6.45, 7) is 9.51. The van der Waals surface area contributed by atoms with E-state index in [1.807, 2.05) is 48.5 Å². The van der Waals surface area contributed by atoms with E-state index in [1.165, 1.54) is 13.8 Å². The van der Waals surface area contributed by atoms with Gasteiger partial charge in [0.25, 0.3) is 0 Å². The smallest absolute Gasteiger partial charge is 0.407 e. The Kier molecular flexibility index (Phi) is 10.3. The number of carbonyl (C=O) groups is 5. The Labute approximate surface area is 240 Å². The van der Waals surface area contributed by atoms with E-state index < -0.39 is 47.5 Å². The first-order chi connectivity index (χ1) is 19.3. The van der Waals surface area contributed by atoms with Crippen LogP contribution >= 0.6 is 0 Å². The molecule has 0 aromatic heterocycles. The Bertz CT molecular complexity index is 1260. The fourth-order valence-corrected chi connectivity index (χ4v) is 4.58. The third-order valence-electron chi connectivity index (χ3n) is 6.69. The highest BCUT2D eigenvalue weighted by Crippen LogP contribution is 2.44. The van der Waals surface area contributed by atoms with E-state index in [1.54, 1.807) is 27.7 Å². The van der Waals surface area contributed by atoms with Gasteiger partial charge < -0.3 is 25.4 Å². The number of ketones is 1. The second-order valence-electron chi connectivity index (χ2n) is 11.3. The van der Waals surface area contributed by atoms with Crippen molar-refractivity contribution in [3.05, 3.63) is 59.7 Å². The lowest BCUT2D eigenvalue weighted by Gasteiger charge is -2.21. The minimum atomic E-state index is -0.963. The van der Waals surface area contributed by atoms with Gasteiger partial charge in [0.15, 0.2) is 5.78 Å². The summed E-state index contributed by atoms with van der Waals surface area (Å²) in [7, 11) is 0. The lowest BCUT2D eigenvalue weighted by molar-refractivity contribution is -0.154. The molecule has 2 aromatic carbocycles. The van der Waals surface area contributed by atoms with E-state index in [-0.39, 0.29) is 31.3 Å². The van der Waals surface area contributed by atoms with Gasteiger partial charge in [-0.25, -0.2) is 4.79 Å². The second-order valence-corrected chi connectivity index (χ2v) is 11.3. The van der Waals surface area contributed by atoms with Gasteiger partial charge in [-0.05, 0) is 56.9 Å². The first-order valence-corrected chi connectivity index (χ1v) is 13.7. The zero-order chi connectivity index (χ0) is 30.3. The highest BCUT2D eigenvalue weighted by atomic mass is 16.6. The number of alkyl carbamates (subject to hydrolysis) is 1. The van der Waals surface area contributed by atoms with Gasteiger partial charge in [0.2, 0.25) is 11.8 Å². The molecule has 2 aromatic rings. The largest absolute Gasteiger partial charge is 0.459 e. The molecular formula is C31H39N3O7. The topological polar surface area (TPSA) is 140 Å². The van der Waals surface area contributed by atoms with Gasteiger partial charge in [-0.2, -0.15) is 0 Å². The molecule has 0 heterocycles. The summed E-state index contributed by atoms with van der Waals surface area (Å²) in [6.07, 6.45) is -0.890. The number of hydrogen-bond acceptors (Lipinski definition) is 7. The number of esters is 1. The third kappa shape index (κ3) is 8.64. The van der Waals surface area contributed by atoms with Crippen molar-refractivity contribution in [2.75, 3.05) is 13.2 Å². The number of hydrogen-bond donors (Lipinski definition) is 3. The molecule has 220 valence electrons. The number of fused-ring (bicyclic) bond motifs is 3. The van der Waals surface area contributed by atoms with E-state index in [0.29, 0.717) is 0 Å². The number of Topliss-reactive ketones (excluding diaryl/α,β-unsaturated/α-hetero) is 1. The van der Waals surface area contributed by atoms with Gasteiger partial charge in [0.05, 0.1) is 6.04 Å². The number of ether oxygens (including phenoxy) is 2. The lowest BCUT2D eigenvalue weighted by atomic mass is 9.98. The van der Waals surface area contributed by atoms with Crippen LogP contribution in [0.2, 0.25) is 0 Å². The van der Waals surface area contributed by atoms with Crippen LogP contribution in [-0.2, 0) is 28.7 Å². The van der Waals surface area contributed by atoms with E-state index in [4.69, 9.17) is 9.47 Å². The minimum Gasteiger partial charge on any atom is -0.459 e. The molecule has 1 aliphatic rings. The van der Waals surface area contributed by atoms with Crippen molar-refractivity contribution in [3.8, 4) is 11.1 Å². The maximum atomic E-state index is 12.6. The molecule has 0 bridgehead atoms. The summed E-state index contributed by atoms with van der Waals surface area (Å²) in [5.74, 6) is -2.83. The van der Waals surface area contributed by atoms with Crippen molar-refractivity contribution < 1.29 is 33.4 Å². The van der Waals surface area contributed by atoms with Crippen LogP contribution in [0.15, 0.2) is 48.5 Å². The summed E-state index contributed by atoms with van der Waals surface area (Å²) < 4.78 is 10.6. The van der Waals surface area contributed by atoms with Gasteiger partial charge >= 0.3 is 12.1 Å². The zero-order valence-electron chi connectivity index (χ0n) is 24.4. The Morgan fingerprint density at radius 3 is 1.93 bits per heavy atom. The van der Waals surface area contributed by atoms with Crippen molar-refractivity contribution in [1.82, 2.24) is 16.0 Å². The first kappa shape index (κ1) is 31.3. The van der Waals surface area contributed by atoms with E-state index in [2.05, 4.69) is 16.0 Å². The number of amides is 3. The van der Waals surface area contributed by atoms with Gasteiger partial charge in [0.1, 0.15) is 24.8 Å². The van der Waals surface area contributed by atoms with Crippen molar-refractivity contribution >= 4 is 29.7 Å². The molecule has 0 unspecified atom stereocenters. The standard InChI is InChI=1S/C31H39N3O7/c1-18(28(37)32-16-27(36)41-31(4,5)6)15-26(35)19(2)33-29(38)20(3)34-30(39)40-17-25-23-13-9-7-11-21(23)22-12-8-10-14-24(22)25/h7-14,18-20,25H,15-17H2,1-6H3,(H,32,37)(H,33,38)(H,34,39)/t18-,19-,20+/m1/s1. The summed E-state index contributed by atoms with van der Waals surface area (Å²) >= 11 is 0. The second kappa shape index (κ2) is 13.4. The van der Waals surface area contributed by atoms with Gasteiger partial charge in [0, 0.05) is 18.3 Å². The third-order valence-corrected chi connectivity index (χ3v) is 6.69. The molecule has 0 saturated heterocycles. The van der Waals surface area contributed by atoms with Gasteiger partial charge in [-0.15, -0.1) is 0 Å². The number of nitrogens with one attached hydrogen (secondary N) is 3. The molecule has 0 fully saturated rings. The first-order valence-electron chi connectivity index (χ1n) is 13.7. The van der Waals surface area contributed by atoms with Crippen molar-refractivity contribution in [1.29, 1.82) is 0 Å². The van der Waals surface area contributed by atoms with E-state index >= 15 is 0 Å². The summed E-state index contributed by atoms with van der Waals surface area (Å²) in [6, 6.07) is 14.1. The van der Waals surface area contributed by atoms with E-state index in [9.17, 15) is 24.0 Å². The molecule has 41 heavy (non-hydrogen) atoms. The molecule has 10 heteroatoms. The molecule has 10 nitrogen and oxygen atoms in total. The van der Waals surface area contributed by atoms with Crippen LogP contribution in [0.25, 0.3) is 11.1 Å². The lowest BCUT2D eigenvalue weighted by Crippen LogP contribution is -2.50. The van der Waals surface area contributed by atoms with Crippen molar-refractivity contribution in [2.45, 2.75) is 71.6 Å². The highest BCUT2D eigenvalue weighted by molar-refractivity contribution is 5.94. The average Bonchev–Trinajstić information content (AvgIpc) is 3.23. The monoisotopic (exact) mass is 565 g/mol. The molecule has 0 aliphatic heterocycles. The van der Waals surface area contributed by atoms with Crippen LogP contribution in [0.5, 0.6) is 0 Å². The predicted molar refractivity (Wildman–Crippen MR) is 153 cm³/mol. The summed E-state index contributed by atoms with van der Waals surface area (Å²) in [5.41, 5.74) is 3.70. The molecule has 3 N–H and O–H groups in total. The maximum Gasteiger partial charge on any atom is 0.407 e. The molecule has 0 spiro atoms. The van der Waals surface area contributed by atoms with Crippen LogP contribution in [0.4, 0.5) is 4.79 Å². The van der Waals surface area contributed by atoms with Gasteiger partial charge in [-0.1, -0.05) is 55.5 Å². The molecule has 3 atom stereocenters. The highest BCUT2D eigenvalue weighted by Gasteiger charge is 2.30. The number of carbonyl (C=O) groups excluding carboxylic acids is 5. The van der Waals surface area contributed by atoms with Crippen LogP contribution in [-0.4, -0.2) is 60.5 Å². The Balaban J connectivity index is 1.43. The summed E-state index contributed by atoms with van der Waals surface area (Å²) in [5, 5.41) is 7.53. The Hall–Kier alpha value is -4.21. The van der Waals surface area contributed by atoms with Crippen molar-refractivity contribution in [3.63, 3.8) is 0 Å². The Morgan fingerprint density at radius 1 is 0.805 bits per heavy atom. The molecule has 3 amide bonds. The van der Waals surface area contributed by atoms with E-state index in [0.717, 1.165) is 22.3 Å². The fourth-order valence-electron chi connectivity index (χ4n) is 4.58. The summed E-state index contributed by atoms with van der Waals surface area (Å²) in [4.78, 5) is 61.8. The zero-order valence-corrected chi connectivity index (χ0v) is 24.4. The fraction of sp³-hybridized carbons (Fsp3) is 0.452. The maximum absolute atomic E-state index is 12.6. The van der Waals surface area contributed by atoms with Crippen LogP contribution in [0.1, 0.15) is 65.0 Å². The molecular weight excluding hydrogens is 526 g/mol. The number of benzene rings is 2. The minimum absolute atomic E-state index is 0.108. The Morgan fingerprint density at radius 2 is 1.37 bits per heavy atom. The van der Waals surface area contributed by atoms with Gasteiger partial charge in [-0.3, -0.25) is 19.2 Å².